The van der Waals surface area contributed by atoms with E-state index in [1.165, 1.54) is 12.5 Å². The van der Waals surface area contributed by atoms with Gasteiger partial charge < -0.3 is 14.1 Å². The van der Waals surface area contributed by atoms with Crippen molar-refractivity contribution in [2.45, 2.75) is 6.04 Å². The van der Waals surface area contributed by atoms with Gasteiger partial charge in [0.2, 0.25) is 0 Å². The third-order valence-electron chi connectivity index (χ3n) is 3.07. The largest absolute Gasteiger partial charge is 0.472 e. The normalized spacial score (nSPS) is 20.0. The number of furan rings is 1. The lowest BCUT2D eigenvalue weighted by atomic mass is 10.1. The van der Waals surface area contributed by atoms with Crippen molar-refractivity contribution >= 4 is 17.9 Å². The van der Waals surface area contributed by atoms with Crippen molar-refractivity contribution in [3.05, 3.63) is 24.2 Å². The van der Waals surface area contributed by atoms with Crippen molar-refractivity contribution in [2.24, 2.45) is 0 Å². The first kappa shape index (κ1) is 10.8. The maximum absolute atomic E-state index is 11.9. The molecule has 2 saturated heterocycles. The number of hydrogen-bond donors (Lipinski definition) is 0. The van der Waals surface area contributed by atoms with E-state index in [9.17, 15) is 14.4 Å². The summed E-state index contributed by atoms with van der Waals surface area (Å²) in [7, 11) is 0. The monoisotopic (exact) mass is 250 g/mol. The summed E-state index contributed by atoms with van der Waals surface area (Å²) in [5.74, 6) is -0.513. The molecule has 1 aromatic rings. The first-order chi connectivity index (χ1) is 8.66. The number of likely N-dealkylation sites (tertiary alicyclic amines) is 1. The Kier molecular flexibility index (Phi) is 2.32. The van der Waals surface area contributed by atoms with Gasteiger partial charge in [0.25, 0.3) is 11.8 Å². The van der Waals surface area contributed by atoms with Crippen LogP contribution in [0.3, 0.4) is 0 Å². The second-order valence-corrected chi connectivity index (χ2v) is 4.19. The van der Waals surface area contributed by atoms with Gasteiger partial charge in [0.1, 0.15) is 6.26 Å². The van der Waals surface area contributed by atoms with Crippen LogP contribution in [0.1, 0.15) is 10.4 Å². The third-order valence-corrected chi connectivity index (χ3v) is 3.07. The van der Waals surface area contributed by atoms with Gasteiger partial charge in [0.15, 0.2) is 6.61 Å². The molecule has 2 aliphatic heterocycles. The molecule has 0 aromatic carbocycles. The van der Waals surface area contributed by atoms with Crippen molar-refractivity contribution in [2.75, 3.05) is 19.7 Å². The van der Waals surface area contributed by atoms with E-state index >= 15 is 0 Å². The van der Waals surface area contributed by atoms with Gasteiger partial charge in [-0.3, -0.25) is 9.59 Å². The van der Waals surface area contributed by atoms with Gasteiger partial charge in [0.05, 0.1) is 17.9 Å². The van der Waals surface area contributed by atoms with Gasteiger partial charge in [-0.2, -0.15) is 0 Å². The fourth-order valence-corrected chi connectivity index (χ4v) is 2.07. The number of amides is 3. The SMILES string of the molecule is O=C(c1ccoc1)N1CC(N2C(=O)COC2=O)C1. The zero-order chi connectivity index (χ0) is 12.7. The number of ether oxygens (including phenoxy) is 1. The molecule has 0 unspecified atom stereocenters. The summed E-state index contributed by atoms with van der Waals surface area (Å²) in [5, 5.41) is 0. The topological polar surface area (TPSA) is 80.1 Å². The molecule has 0 aliphatic carbocycles. The molecule has 0 saturated carbocycles. The summed E-state index contributed by atoms with van der Waals surface area (Å²) in [4.78, 5) is 37.2. The fraction of sp³-hybridized carbons (Fsp3) is 0.364. The van der Waals surface area contributed by atoms with Crippen molar-refractivity contribution in [3.63, 3.8) is 0 Å². The van der Waals surface area contributed by atoms with Crippen LogP contribution in [0.2, 0.25) is 0 Å². The molecular formula is C11H10N2O5. The molecule has 3 rings (SSSR count). The summed E-state index contributed by atoms with van der Waals surface area (Å²) in [6, 6.07) is 1.30. The standard InChI is InChI=1S/C11H10N2O5/c14-9-6-18-11(16)13(9)8-3-12(4-8)10(15)7-1-2-17-5-7/h1-2,5,8H,3-4,6H2. The highest BCUT2D eigenvalue weighted by molar-refractivity contribution is 5.99. The molecule has 1 aromatic heterocycles. The van der Waals surface area contributed by atoms with Crippen LogP contribution in [0.5, 0.6) is 0 Å². The molecule has 7 heteroatoms. The Labute approximate surface area is 102 Å². The van der Waals surface area contributed by atoms with Crippen LogP contribution in [-0.2, 0) is 9.53 Å². The van der Waals surface area contributed by atoms with Gasteiger partial charge in [-0.1, -0.05) is 0 Å². The Morgan fingerprint density at radius 3 is 2.67 bits per heavy atom. The molecule has 2 fully saturated rings. The Bertz CT molecular complexity index is 488. The van der Waals surface area contributed by atoms with Crippen LogP contribution in [-0.4, -0.2) is 53.4 Å². The molecule has 0 radical (unpaired) electrons. The molecule has 0 atom stereocenters. The van der Waals surface area contributed by atoms with E-state index in [-0.39, 0.29) is 24.5 Å². The molecule has 0 N–H and O–H groups in total. The lowest BCUT2D eigenvalue weighted by Crippen LogP contribution is -2.62. The van der Waals surface area contributed by atoms with Crippen LogP contribution in [0, 0.1) is 0 Å². The van der Waals surface area contributed by atoms with Crippen LogP contribution in [0.15, 0.2) is 23.0 Å². The Balaban J connectivity index is 1.62. The predicted molar refractivity (Wildman–Crippen MR) is 56.6 cm³/mol. The highest BCUT2D eigenvalue weighted by Gasteiger charge is 2.44. The van der Waals surface area contributed by atoms with Crippen molar-refractivity contribution in [1.29, 1.82) is 0 Å². The summed E-state index contributed by atoms with van der Waals surface area (Å²) < 4.78 is 9.45. The molecule has 2 aliphatic rings. The van der Waals surface area contributed by atoms with E-state index in [4.69, 9.17) is 4.42 Å². The molecule has 3 heterocycles. The van der Waals surface area contributed by atoms with Gasteiger partial charge in [-0.15, -0.1) is 0 Å². The maximum atomic E-state index is 11.9. The number of carbonyl (C=O) groups excluding carboxylic acids is 3. The minimum atomic E-state index is -0.625. The number of nitrogens with zero attached hydrogens (tertiary/aromatic N) is 2. The lowest BCUT2D eigenvalue weighted by molar-refractivity contribution is -0.129. The minimum Gasteiger partial charge on any atom is -0.472 e. The van der Waals surface area contributed by atoms with Crippen LogP contribution >= 0.6 is 0 Å². The fourth-order valence-electron chi connectivity index (χ4n) is 2.07. The first-order valence-electron chi connectivity index (χ1n) is 5.47. The summed E-state index contributed by atoms with van der Waals surface area (Å²) >= 11 is 0. The minimum absolute atomic E-state index is 0.167. The van der Waals surface area contributed by atoms with Crippen molar-refractivity contribution in [3.8, 4) is 0 Å². The number of imide groups is 1. The van der Waals surface area contributed by atoms with Crippen LogP contribution < -0.4 is 0 Å². The van der Waals surface area contributed by atoms with E-state index in [1.807, 2.05) is 0 Å². The molecule has 94 valence electrons. The van der Waals surface area contributed by atoms with Crippen LogP contribution in [0.25, 0.3) is 0 Å². The quantitative estimate of drug-likeness (QED) is 0.742. The average Bonchev–Trinajstić information content (AvgIpc) is 2.90. The number of hydrogen-bond acceptors (Lipinski definition) is 5. The second-order valence-electron chi connectivity index (χ2n) is 4.19. The number of rotatable bonds is 2. The molecule has 0 bridgehead atoms. The maximum Gasteiger partial charge on any atom is 0.417 e. The van der Waals surface area contributed by atoms with E-state index in [2.05, 4.69) is 4.74 Å². The average molecular weight is 250 g/mol. The highest BCUT2D eigenvalue weighted by atomic mass is 16.6. The van der Waals surface area contributed by atoms with Gasteiger partial charge in [-0.25, -0.2) is 9.69 Å². The van der Waals surface area contributed by atoms with E-state index in [1.54, 1.807) is 11.0 Å². The van der Waals surface area contributed by atoms with Crippen molar-refractivity contribution < 1.29 is 23.5 Å². The zero-order valence-corrected chi connectivity index (χ0v) is 9.37. The van der Waals surface area contributed by atoms with E-state index in [0.717, 1.165) is 4.90 Å². The van der Waals surface area contributed by atoms with Gasteiger partial charge >= 0.3 is 6.09 Å². The van der Waals surface area contributed by atoms with Gasteiger partial charge in [0, 0.05) is 13.1 Å². The molecular weight excluding hydrogens is 240 g/mol. The smallest absolute Gasteiger partial charge is 0.417 e. The Morgan fingerprint density at radius 1 is 1.33 bits per heavy atom. The van der Waals surface area contributed by atoms with Crippen LogP contribution in [0.4, 0.5) is 4.79 Å². The molecule has 18 heavy (non-hydrogen) atoms. The number of carbonyl (C=O) groups is 3. The lowest BCUT2D eigenvalue weighted by Gasteiger charge is -2.41. The third kappa shape index (κ3) is 1.55. The summed E-state index contributed by atoms with van der Waals surface area (Å²) in [6.07, 6.45) is 2.16. The first-order valence-corrected chi connectivity index (χ1v) is 5.47. The Morgan fingerprint density at radius 2 is 2.11 bits per heavy atom. The molecule has 0 spiro atoms. The number of cyclic esters (lactones) is 1. The highest BCUT2D eigenvalue weighted by Crippen LogP contribution is 2.21. The summed E-state index contributed by atoms with van der Waals surface area (Å²) in [6.45, 7) is 0.473. The summed E-state index contributed by atoms with van der Waals surface area (Å²) in [5.41, 5.74) is 0.462. The second kappa shape index (κ2) is 3.86. The van der Waals surface area contributed by atoms with E-state index in [0.29, 0.717) is 18.7 Å². The molecule has 7 nitrogen and oxygen atoms in total. The predicted octanol–water partition coefficient (Wildman–Crippen LogP) is 0.0828. The van der Waals surface area contributed by atoms with E-state index < -0.39 is 6.09 Å². The van der Waals surface area contributed by atoms with Gasteiger partial charge in [-0.05, 0) is 6.07 Å². The van der Waals surface area contributed by atoms with Crippen molar-refractivity contribution in [1.82, 2.24) is 9.80 Å². The zero-order valence-electron chi connectivity index (χ0n) is 9.37. The molecule has 3 amide bonds. The Hall–Kier alpha value is -2.31.